The SMILES string of the molecule is CC[C@H](C)[C@H](NC(=O)CNC(=O)[C@H](CC(C)C)NC(=O)[C@H](CC(C)C)NC(=O)[C@H](CCC(N)=O)NC(=O)[C@H](CCC(N)=O)NC(=O)[C@H](CC(=O)O)NC(=O)[C@H](CCCCN)NC(=O)[C@H](CC(C)C)NC(=O)[C@@H](N)Cc1ccc(O)cc1)C(=O)N[C@@H](Cc1c[nH]c2ccccc12)C(=O)NCC(=O)N[C@@H](CS)C(=O)O. The van der Waals surface area contributed by atoms with Crippen LogP contribution >= 0.6 is 12.6 Å². The number of hydrogen-bond donors (Lipinski definition) is 21. The van der Waals surface area contributed by atoms with Gasteiger partial charge in [-0.1, -0.05) is 92.1 Å². The molecule has 2 aromatic carbocycles. The number of hydrogen-bond acceptors (Lipinski definition) is 20. The topological polar surface area (TPSA) is 598 Å². The van der Waals surface area contributed by atoms with Crippen LogP contribution in [0.5, 0.6) is 5.75 Å². The summed E-state index contributed by atoms with van der Waals surface area (Å²) in [5, 5.41) is 59.6. The van der Waals surface area contributed by atoms with Gasteiger partial charge >= 0.3 is 11.9 Å². The standard InChI is InChI=1S/C71H109N17O19S/c1-9-39(8)60(70(105)87-52(30-41-32-76-45-15-11-10-14-43(41)45)63(98)77-33-57(92)79-54(35-108)71(106)107)88-58(93)34-78-62(97)49(26-36(2)3)84-68(103)51(28-38(6)7)85-66(101)48(22-24-56(75)91)81-65(100)47(21-23-55(74)90)82-69(104)53(31-59(94)95)86-64(99)46(16-12-13-25-72)80-67(102)50(27-37(4)5)83-61(96)44(73)29-40-17-19-42(89)20-18-40/h10-11,14-15,17-20,32,36-39,44,46-54,60,76,89,108H,9,12-13,16,21-31,33-35,72-73H2,1-8H3,(H2,74,90)(H2,75,91)(H,77,98)(H,78,97)(H,79,92)(H,80,102)(H,81,100)(H,82,104)(H,83,96)(H,84,103)(H,85,101)(H,86,99)(H,87,105)(H,88,93)(H,94,95)(H,106,107)/t39-,44-,46-,47-,48-,49-,50-,51-,52-,53-,54-,60-/m0/s1. The summed E-state index contributed by atoms with van der Waals surface area (Å²) >= 11 is 3.94. The molecule has 14 amide bonds. The first-order valence-corrected chi connectivity index (χ1v) is 36.5. The second kappa shape index (κ2) is 46.6. The molecule has 12 atom stereocenters. The number of aromatic amines is 1. The lowest BCUT2D eigenvalue weighted by Gasteiger charge is -2.28. The minimum atomic E-state index is -2.00. The van der Waals surface area contributed by atoms with Crippen LogP contribution in [0.4, 0.5) is 0 Å². The van der Waals surface area contributed by atoms with Gasteiger partial charge < -0.3 is 107 Å². The third kappa shape index (κ3) is 33.2. The highest BCUT2D eigenvalue weighted by Crippen LogP contribution is 2.21. The number of amides is 14. The number of carboxylic acid groups (broad SMARTS) is 2. The fourth-order valence-electron chi connectivity index (χ4n) is 11.2. The highest BCUT2D eigenvalue weighted by Gasteiger charge is 2.38. The molecule has 3 aromatic rings. The average Bonchev–Trinajstić information content (AvgIpc) is 1.64. The molecule has 0 saturated heterocycles. The summed E-state index contributed by atoms with van der Waals surface area (Å²) in [6, 6.07) is -3.27. The number of carboxylic acids is 2. The number of aromatic hydroxyl groups is 1. The van der Waals surface area contributed by atoms with E-state index in [9.17, 15) is 92.0 Å². The summed E-state index contributed by atoms with van der Waals surface area (Å²) in [6.07, 6.45) is -1.11. The molecule has 0 spiro atoms. The molecule has 0 bridgehead atoms. The van der Waals surface area contributed by atoms with Crippen molar-refractivity contribution in [2.75, 3.05) is 25.4 Å². The van der Waals surface area contributed by atoms with Gasteiger partial charge in [0.15, 0.2) is 0 Å². The Morgan fingerprint density at radius 2 is 0.907 bits per heavy atom. The van der Waals surface area contributed by atoms with Crippen molar-refractivity contribution in [3.63, 3.8) is 0 Å². The van der Waals surface area contributed by atoms with Crippen LogP contribution in [-0.2, 0) is 89.6 Å². The zero-order chi connectivity index (χ0) is 81.1. The number of aliphatic carboxylic acids is 2. The number of nitrogens with two attached hydrogens (primary N) is 4. The van der Waals surface area contributed by atoms with Crippen LogP contribution in [0, 0.1) is 23.7 Å². The summed E-state index contributed by atoms with van der Waals surface area (Å²) < 4.78 is 0. The molecule has 1 heterocycles. The number of phenols is 1. The molecule has 24 N–H and O–H groups in total. The van der Waals surface area contributed by atoms with Crippen molar-refractivity contribution >= 4 is 118 Å². The number of fused-ring (bicyclic) bond motifs is 1. The van der Waals surface area contributed by atoms with E-state index in [1.54, 1.807) is 98.0 Å². The number of primary amides is 2. The van der Waals surface area contributed by atoms with E-state index < -0.39 is 212 Å². The number of rotatable bonds is 50. The Labute approximate surface area is 631 Å². The van der Waals surface area contributed by atoms with Crippen molar-refractivity contribution in [3.05, 3.63) is 65.9 Å². The summed E-state index contributed by atoms with van der Waals surface area (Å²) in [4.78, 5) is 219. The van der Waals surface area contributed by atoms with Gasteiger partial charge in [-0.3, -0.25) is 71.9 Å². The highest BCUT2D eigenvalue weighted by molar-refractivity contribution is 7.80. The Bertz CT molecular complexity index is 3590. The number of H-pyrrole nitrogens is 1. The quantitative estimate of drug-likeness (QED) is 0.0204. The summed E-state index contributed by atoms with van der Waals surface area (Å²) in [7, 11) is 0. The van der Waals surface area contributed by atoms with Crippen LogP contribution in [0.2, 0.25) is 0 Å². The zero-order valence-corrected chi connectivity index (χ0v) is 63.1. The average molecular weight is 1540 g/mol. The molecule has 0 aliphatic heterocycles. The van der Waals surface area contributed by atoms with Gasteiger partial charge in [0.1, 0.15) is 66.2 Å². The molecule has 598 valence electrons. The first kappa shape index (κ1) is 91.8. The number of nitrogens with one attached hydrogen (secondary N) is 13. The van der Waals surface area contributed by atoms with Crippen molar-refractivity contribution in [1.29, 1.82) is 0 Å². The lowest BCUT2D eigenvalue weighted by Crippen LogP contribution is -2.60. The van der Waals surface area contributed by atoms with Gasteiger partial charge in [0.25, 0.3) is 0 Å². The fourth-order valence-corrected chi connectivity index (χ4v) is 11.4. The Morgan fingerprint density at radius 3 is 1.37 bits per heavy atom. The molecule has 37 heteroatoms. The monoisotopic (exact) mass is 1540 g/mol. The number of phenolic OH excluding ortho intramolecular Hbond substituents is 1. The number of aromatic nitrogens is 1. The van der Waals surface area contributed by atoms with E-state index in [0.29, 0.717) is 24.0 Å². The molecule has 1 aromatic heterocycles. The Kier molecular flexibility index (Phi) is 39.6. The van der Waals surface area contributed by atoms with Crippen LogP contribution < -0.4 is 86.7 Å². The van der Waals surface area contributed by atoms with Gasteiger partial charge in [0.2, 0.25) is 82.7 Å². The van der Waals surface area contributed by atoms with Gasteiger partial charge in [-0.2, -0.15) is 12.6 Å². The minimum Gasteiger partial charge on any atom is -0.508 e. The van der Waals surface area contributed by atoms with Crippen LogP contribution in [-0.4, -0.2) is 207 Å². The second-order valence-electron chi connectivity index (χ2n) is 27.8. The summed E-state index contributed by atoms with van der Waals surface area (Å²) in [5.74, 6) is -18.0. The predicted octanol–water partition coefficient (Wildman–Crippen LogP) is -2.60. The number of carbonyl (C=O) groups excluding carboxylic acids is 14. The van der Waals surface area contributed by atoms with Crippen molar-refractivity contribution in [3.8, 4) is 5.75 Å². The third-order valence-corrected chi connectivity index (χ3v) is 17.5. The largest absolute Gasteiger partial charge is 0.508 e. The van der Waals surface area contributed by atoms with E-state index >= 15 is 0 Å². The maximum atomic E-state index is 14.4. The van der Waals surface area contributed by atoms with Crippen LogP contribution in [0.25, 0.3) is 10.9 Å². The Balaban J connectivity index is 1.86. The molecule has 0 fully saturated rings. The molecule has 108 heavy (non-hydrogen) atoms. The number of unbranched alkanes of at least 4 members (excludes halogenated alkanes) is 1. The Hall–Kier alpha value is -10.4. The van der Waals surface area contributed by atoms with Gasteiger partial charge in [0.05, 0.1) is 25.6 Å². The van der Waals surface area contributed by atoms with Crippen molar-refractivity contribution < 1.29 is 92.0 Å². The smallest absolute Gasteiger partial charge is 0.327 e. The first-order valence-electron chi connectivity index (χ1n) is 35.8. The van der Waals surface area contributed by atoms with E-state index in [4.69, 9.17) is 22.9 Å². The molecular weight excluding hydrogens is 1430 g/mol. The van der Waals surface area contributed by atoms with Crippen molar-refractivity contribution in [2.45, 2.75) is 212 Å². The van der Waals surface area contributed by atoms with Crippen LogP contribution in [0.3, 0.4) is 0 Å². The van der Waals surface area contributed by atoms with Gasteiger partial charge in [-0.05, 0) is 117 Å². The number of benzene rings is 2. The highest BCUT2D eigenvalue weighted by atomic mass is 32.1. The number of para-hydroxylation sites is 1. The predicted molar refractivity (Wildman–Crippen MR) is 398 cm³/mol. The van der Waals surface area contributed by atoms with Crippen LogP contribution in [0.1, 0.15) is 144 Å². The Morgan fingerprint density at radius 1 is 0.481 bits per heavy atom. The molecular formula is C71H109N17O19S. The minimum absolute atomic E-state index is 0.00828. The molecule has 0 saturated carbocycles. The maximum Gasteiger partial charge on any atom is 0.327 e. The van der Waals surface area contributed by atoms with Crippen molar-refractivity contribution in [2.24, 2.45) is 46.6 Å². The molecule has 0 aliphatic rings. The van der Waals surface area contributed by atoms with Crippen molar-refractivity contribution in [1.82, 2.24) is 68.8 Å². The first-order chi connectivity index (χ1) is 50.9. The third-order valence-electron chi connectivity index (χ3n) is 17.2. The van der Waals surface area contributed by atoms with Gasteiger partial charge in [-0.15, -0.1) is 0 Å². The van der Waals surface area contributed by atoms with Gasteiger partial charge in [0, 0.05) is 42.1 Å². The fraction of sp³-hybridized carbons (Fsp3) is 0.577. The normalized spacial score (nSPS) is 14.6. The lowest BCUT2D eigenvalue weighted by molar-refractivity contribution is -0.142. The van der Waals surface area contributed by atoms with E-state index in [-0.39, 0.29) is 80.7 Å². The molecule has 0 unspecified atom stereocenters. The zero-order valence-electron chi connectivity index (χ0n) is 62.2. The van der Waals surface area contributed by atoms with Crippen LogP contribution in [0.15, 0.2) is 54.7 Å². The number of carbonyl (C=O) groups is 16. The van der Waals surface area contributed by atoms with E-state index in [0.717, 1.165) is 10.9 Å². The van der Waals surface area contributed by atoms with E-state index in [2.05, 4.69) is 81.4 Å². The molecule has 0 aliphatic carbocycles. The molecule has 0 radical (unpaired) electrons. The molecule has 3 rings (SSSR count). The lowest BCUT2D eigenvalue weighted by atomic mass is 9.97. The summed E-state index contributed by atoms with van der Waals surface area (Å²) in [6.45, 7) is 12.5. The van der Waals surface area contributed by atoms with Gasteiger partial charge in [-0.25, -0.2) is 4.79 Å². The second-order valence-corrected chi connectivity index (χ2v) is 28.2. The number of thiol groups is 1. The maximum absolute atomic E-state index is 14.4. The molecule has 36 nitrogen and oxygen atoms in total. The van der Waals surface area contributed by atoms with E-state index in [1.165, 1.54) is 12.1 Å². The van der Waals surface area contributed by atoms with E-state index in [1.807, 2.05) is 0 Å². The summed E-state index contributed by atoms with van der Waals surface area (Å²) in [5.41, 5.74) is 24.8.